The Labute approximate surface area is 55.7 Å². The van der Waals surface area contributed by atoms with Gasteiger partial charge in [-0.25, -0.2) is 0 Å². The van der Waals surface area contributed by atoms with Gasteiger partial charge in [-0.2, -0.15) is 0 Å². The van der Waals surface area contributed by atoms with Crippen LogP contribution in [0.1, 0.15) is 13.8 Å². The lowest BCUT2D eigenvalue weighted by atomic mass is 10.4. The fourth-order valence-corrected chi connectivity index (χ4v) is 0.781. The van der Waals surface area contributed by atoms with E-state index in [0.29, 0.717) is 0 Å². The van der Waals surface area contributed by atoms with E-state index in [1.54, 1.807) is 11.8 Å². The van der Waals surface area contributed by atoms with E-state index in [1.807, 2.05) is 13.0 Å². The number of hydrogen-bond donors (Lipinski definition) is 0. The summed E-state index contributed by atoms with van der Waals surface area (Å²) in [5, 5.41) is 2.07. The van der Waals surface area contributed by atoms with Crippen molar-refractivity contribution in [1.82, 2.24) is 0 Å². The van der Waals surface area contributed by atoms with E-state index in [1.165, 1.54) is 0 Å². The Balaban J connectivity index is 3.20. The van der Waals surface area contributed by atoms with Crippen LogP contribution >= 0.6 is 11.8 Å². The molecule has 0 atom stereocenters. The predicted octanol–water partition coefficient (Wildman–Crippen LogP) is 2.83. The minimum atomic E-state index is 1.12. The first-order valence-corrected chi connectivity index (χ1v) is 3.76. The van der Waals surface area contributed by atoms with Gasteiger partial charge < -0.3 is 0 Å². The Morgan fingerprint density at radius 2 is 2.38 bits per heavy atom. The molecule has 0 aliphatic rings. The zero-order valence-electron chi connectivity index (χ0n) is 5.48. The first-order chi connectivity index (χ1) is 3.77. The summed E-state index contributed by atoms with van der Waals surface area (Å²) in [7, 11) is 0. The van der Waals surface area contributed by atoms with Gasteiger partial charge in [0.1, 0.15) is 0 Å². The Hall–Kier alpha value is -0.170. The molecule has 0 nitrogen and oxygen atoms in total. The predicted molar refractivity (Wildman–Crippen MR) is 42.1 cm³/mol. The second kappa shape index (κ2) is 4.98. The average Bonchev–Trinajstić information content (AvgIpc) is 1.66. The standard InChI is InChI=1S/C7H12S/c1-4-8-6-5-7(2)3/h5-6H,2,4H2,1,3H3/b6-5+. The summed E-state index contributed by atoms with van der Waals surface area (Å²) >= 11 is 1.80. The minimum Gasteiger partial charge on any atom is -0.134 e. The molecule has 0 aromatic carbocycles. The highest BCUT2D eigenvalue weighted by atomic mass is 32.2. The largest absolute Gasteiger partial charge is 0.134 e. The maximum Gasteiger partial charge on any atom is -0.00544 e. The highest BCUT2D eigenvalue weighted by Crippen LogP contribution is 2.01. The maximum absolute atomic E-state index is 3.73. The number of rotatable bonds is 3. The molecule has 0 aromatic heterocycles. The van der Waals surface area contributed by atoms with Crippen molar-refractivity contribution in [2.45, 2.75) is 13.8 Å². The fraction of sp³-hybridized carbons (Fsp3) is 0.429. The molecule has 0 saturated heterocycles. The normalized spacial score (nSPS) is 10.2. The van der Waals surface area contributed by atoms with Crippen LogP contribution in [0.5, 0.6) is 0 Å². The molecule has 0 heterocycles. The Morgan fingerprint density at radius 3 is 2.75 bits per heavy atom. The van der Waals surface area contributed by atoms with Crippen LogP contribution in [0, 0.1) is 0 Å². The van der Waals surface area contributed by atoms with Crippen molar-refractivity contribution >= 4 is 11.8 Å². The average molecular weight is 128 g/mol. The van der Waals surface area contributed by atoms with Crippen molar-refractivity contribution in [1.29, 1.82) is 0 Å². The minimum absolute atomic E-state index is 1.12. The molecule has 0 aliphatic heterocycles. The van der Waals surface area contributed by atoms with Crippen LogP contribution in [-0.4, -0.2) is 5.75 Å². The summed E-state index contributed by atoms with van der Waals surface area (Å²) in [6, 6.07) is 0. The van der Waals surface area contributed by atoms with Gasteiger partial charge in [0.2, 0.25) is 0 Å². The van der Waals surface area contributed by atoms with E-state index in [-0.39, 0.29) is 0 Å². The third-order valence-electron chi connectivity index (χ3n) is 0.615. The lowest BCUT2D eigenvalue weighted by molar-refractivity contribution is 1.53. The van der Waals surface area contributed by atoms with Crippen molar-refractivity contribution in [3.8, 4) is 0 Å². The van der Waals surface area contributed by atoms with Gasteiger partial charge >= 0.3 is 0 Å². The molecule has 46 valence electrons. The third kappa shape index (κ3) is 5.83. The summed E-state index contributed by atoms with van der Waals surface area (Å²) in [5.41, 5.74) is 1.12. The van der Waals surface area contributed by atoms with Crippen LogP contribution in [0.15, 0.2) is 23.6 Å². The van der Waals surface area contributed by atoms with Gasteiger partial charge in [-0.3, -0.25) is 0 Å². The zero-order valence-corrected chi connectivity index (χ0v) is 6.29. The Kier molecular flexibility index (Phi) is 4.87. The molecule has 8 heavy (non-hydrogen) atoms. The van der Waals surface area contributed by atoms with E-state index >= 15 is 0 Å². The van der Waals surface area contributed by atoms with Crippen LogP contribution in [0.25, 0.3) is 0 Å². The number of allylic oxidation sites excluding steroid dienone is 2. The smallest absolute Gasteiger partial charge is 0.00544 e. The van der Waals surface area contributed by atoms with Crippen molar-refractivity contribution in [3.05, 3.63) is 23.6 Å². The van der Waals surface area contributed by atoms with Crippen LogP contribution in [-0.2, 0) is 0 Å². The van der Waals surface area contributed by atoms with Gasteiger partial charge in [0.15, 0.2) is 0 Å². The van der Waals surface area contributed by atoms with Crippen LogP contribution < -0.4 is 0 Å². The molecule has 0 fully saturated rings. The molecule has 0 bridgehead atoms. The van der Waals surface area contributed by atoms with E-state index in [2.05, 4.69) is 18.9 Å². The second-order valence-corrected chi connectivity index (χ2v) is 2.79. The first-order valence-electron chi connectivity index (χ1n) is 2.71. The number of thioether (sulfide) groups is 1. The summed E-state index contributed by atoms with van der Waals surface area (Å²) in [4.78, 5) is 0. The molecule has 0 amide bonds. The molecule has 0 unspecified atom stereocenters. The van der Waals surface area contributed by atoms with E-state index in [9.17, 15) is 0 Å². The first kappa shape index (κ1) is 7.83. The van der Waals surface area contributed by atoms with Crippen LogP contribution in [0.4, 0.5) is 0 Å². The monoisotopic (exact) mass is 128 g/mol. The van der Waals surface area contributed by atoms with Gasteiger partial charge in [-0.05, 0) is 18.1 Å². The van der Waals surface area contributed by atoms with Crippen molar-refractivity contribution < 1.29 is 0 Å². The summed E-state index contributed by atoms with van der Waals surface area (Å²) < 4.78 is 0. The van der Waals surface area contributed by atoms with Crippen molar-refractivity contribution in [3.63, 3.8) is 0 Å². The van der Waals surface area contributed by atoms with E-state index in [0.717, 1.165) is 11.3 Å². The lowest BCUT2D eigenvalue weighted by Gasteiger charge is -1.83. The van der Waals surface area contributed by atoms with E-state index < -0.39 is 0 Å². The molecule has 0 spiro atoms. The quantitative estimate of drug-likeness (QED) is 0.527. The molecule has 0 rings (SSSR count). The second-order valence-electron chi connectivity index (χ2n) is 1.60. The van der Waals surface area contributed by atoms with Gasteiger partial charge in [0.05, 0.1) is 0 Å². The molecule has 1 heteroatoms. The molecular weight excluding hydrogens is 116 g/mol. The highest BCUT2D eigenvalue weighted by molar-refractivity contribution is 8.02. The van der Waals surface area contributed by atoms with Crippen LogP contribution in [0.3, 0.4) is 0 Å². The maximum atomic E-state index is 3.73. The molecule has 0 aliphatic carbocycles. The zero-order chi connectivity index (χ0) is 6.41. The van der Waals surface area contributed by atoms with Gasteiger partial charge in [0.25, 0.3) is 0 Å². The Morgan fingerprint density at radius 1 is 1.75 bits per heavy atom. The van der Waals surface area contributed by atoms with E-state index in [4.69, 9.17) is 0 Å². The molecular formula is C7H12S. The van der Waals surface area contributed by atoms with Gasteiger partial charge in [-0.1, -0.05) is 25.2 Å². The van der Waals surface area contributed by atoms with Gasteiger partial charge in [0, 0.05) is 0 Å². The van der Waals surface area contributed by atoms with Crippen molar-refractivity contribution in [2.24, 2.45) is 0 Å². The SMILES string of the molecule is C=C(C)/C=C/SCC. The topological polar surface area (TPSA) is 0 Å². The highest BCUT2D eigenvalue weighted by Gasteiger charge is 1.72. The molecule has 0 aromatic rings. The van der Waals surface area contributed by atoms with Crippen LogP contribution in [0.2, 0.25) is 0 Å². The molecule has 0 radical (unpaired) electrons. The Bertz CT molecular complexity index is 92.6. The summed E-state index contributed by atoms with van der Waals surface area (Å²) in [6.07, 6.45) is 2.02. The fourth-order valence-electron chi connectivity index (χ4n) is 0.260. The third-order valence-corrected chi connectivity index (χ3v) is 1.28. The molecule has 0 N–H and O–H groups in total. The van der Waals surface area contributed by atoms with Gasteiger partial charge in [-0.15, -0.1) is 11.8 Å². The summed E-state index contributed by atoms with van der Waals surface area (Å²) in [6.45, 7) is 7.85. The van der Waals surface area contributed by atoms with Crippen molar-refractivity contribution in [2.75, 3.05) is 5.75 Å². The molecule has 0 saturated carbocycles. The summed E-state index contributed by atoms with van der Waals surface area (Å²) in [5.74, 6) is 1.14. The lowest BCUT2D eigenvalue weighted by Crippen LogP contribution is -1.60. The number of hydrogen-bond acceptors (Lipinski definition) is 1.